The molecule has 1 rings (SSSR count). The summed E-state index contributed by atoms with van der Waals surface area (Å²) in [4.78, 5) is 11.9. The minimum atomic E-state index is -3.10. The number of nitrogens with one attached hydrogen (secondary N) is 1. The van der Waals surface area contributed by atoms with Gasteiger partial charge in [-0.05, 0) is 24.6 Å². The molecule has 1 N–H and O–H groups in total. The fourth-order valence-electron chi connectivity index (χ4n) is 1.60. The zero-order valence-electron chi connectivity index (χ0n) is 10.3. The molecule has 4 nitrogen and oxygen atoms in total. The van der Waals surface area contributed by atoms with E-state index in [1.807, 2.05) is 6.07 Å². The Morgan fingerprint density at radius 2 is 2.11 bits per heavy atom. The van der Waals surface area contributed by atoms with Crippen LogP contribution in [0.15, 0.2) is 24.3 Å². The Morgan fingerprint density at radius 3 is 2.67 bits per heavy atom. The van der Waals surface area contributed by atoms with Crippen LogP contribution in [0.25, 0.3) is 0 Å². The van der Waals surface area contributed by atoms with Crippen LogP contribution < -0.4 is 5.32 Å². The highest BCUT2D eigenvalue weighted by molar-refractivity contribution is 7.90. The van der Waals surface area contributed by atoms with E-state index in [-0.39, 0.29) is 11.7 Å². The quantitative estimate of drug-likeness (QED) is 0.837. The number of hydrogen-bond donors (Lipinski definition) is 1. The standard InChI is InChI=1S/C12H16ClNO3S/c1-9(8-18(2,16)17)14-12(15)11-5-3-4-10(6-11)7-13/h3-6,9H,7-8H2,1-2H3,(H,14,15). The Kier molecular flexibility index (Phi) is 5.16. The highest BCUT2D eigenvalue weighted by atomic mass is 35.5. The molecule has 0 aliphatic rings. The molecule has 1 aromatic rings. The van der Waals surface area contributed by atoms with Gasteiger partial charge >= 0.3 is 0 Å². The van der Waals surface area contributed by atoms with Crippen molar-refractivity contribution in [1.29, 1.82) is 0 Å². The summed E-state index contributed by atoms with van der Waals surface area (Å²) in [6, 6.07) is 6.50. The average molecular weight is 290 g/mol. The number of rotatable bonds is 5. The lowest BCUT2D eigenvalue weighted by Gasteiger charge is -2.13. The first-order valence-corrected chi connectivity index (χ1v) is 8.05. The van der Waals surface area contributed by atoms with Crippen LogP contribution in [-0.2, 0) is 15.7 Å². The summed E-state index contributed by atoms with van der Waals surface area (Å²) in [5.41, 5.74) is 1.33. The maximum absolute atomic E-state index is 11.9. The van der Waals surface area contributed by atoms with Gasteiger partial charge in [0.1, 0.15) is 9.84 Å². The molecule has 0 aliphatic heterocycles. The Hall–Kier alpha value is -1.07. The number of carbonyl (C=O) groups is 1. The average Bonchev–Trinajstić information content (AvgIpc) is 2.26. The summed E-state index contributed by atoms with van der Waals surface area (Å²) in [7, 11) is -3.10. The second-order valence-electron chi connectivity index (χ2n) is 4.30. The van der Waals surface area contributed by atoms with E-state index < -0.39 is 15.9 Å². The second-order valence-corrected chi connectivity index (χ2v) is 6.75. The van der Waals surface area contributed by atoms with Crippen molar-refractivity contribution < 1.29 is 13.2 Å². The minimum Gasteiger partial charge on any atom is -0.349 e. The van der Waals surface area contributed by atoms with Crippen LogP contribution in [-0.4, -0.2) is 32.4 Å². The van der Waals surface area contributed by atoms with E-state index in [1.54, 1.807) is 25.1 Å². The summed E-state index contributed by atoms with van der Waals surface area (Å²) in [6.07, 6.45) is 1.14. The van der Waals surface area contributed by atoms with Crippen molar-refractivity contribution in [3.63, 3.8) is 0 Å². The highest BCUT2D eigenvalue weighted by Gasteiger charge is 2.14. The van der Waals surface area contributed by atoms with Crippen LogP contribution in [0.4, 0.5) is 0 Å². The molecule has 1 amide bonds. The molecule has 0 aromatic heterocycles. The van der Waals surface area contributed by atoms with E-state index >= 15 is 0 Å². The maximum Gasteiger partial charge on any atom is 0.251 e. The van der Waals surface area contributed by atoms with Gasteiger partial charge in [0.15, 0.2) is 0 Å². The van der Waals surface area contributed by atoms with E-state index in [2.05, 4.69) is 5.32 Å². The molecule has 18 heavy (non-hydrogen) atoms. The van der Waals surface area contributed by atoms with Gasteiger partial charge in [-0.3, -0.25) is 4.79 Å². The molecule has 0 saturated heterocycles. The Bertz CT molecular complexity index is 528. The van der Waals surface area contributed by atoms with Crippen molar-refractivity contribution in [2.24, 2.45) is 0 Å². The highest BCUT2D eigenvalue weighted by Crippen LogP contribution is 2.08. The summed E-state index contributed by atoms with van der Waals surface area (Å²) >= 11 is 5.69. The molecule has 6 heteroatoms. The number of hydrogen-bond acceptors (Lipinski definition) is 3. The number of benzene rings is 1. The normalized spacial score (nSPS) is 13.1. The van der Waals surface area contributed by atoms with Crippen LogP contribution >= 0.6 is 11.6 Å². The molecule has 0 aliphatic carbocycles. The Balaban J connectivity index is 2.70. The molecule has 0 saturated carbocycles. The van der Waals surface area contributed by atoms with Gasteiger partial charge in [-0.1, -0.05) is 12.1 Å². The minimum absolute atomic E-state index is 0.0755. The maximum atomic E-state index is 11.9. The lowest BCUT2D eigenvalue weighted by molar-refractivity contribution is 0.0943. The van der Waals surface area contributed by atoms with Crippen molar-refractivity contribution in [3.8, 4) is 0 Å². The molecule has 0 radical (unpaired) electrons. The van der Waals surface area contributed by atoms with Gasteiger partial charge in [0.05, 0.1) is 5.75 Å². The molecule has 1 aromatic carbocycles. The lowest BCUT2D eigenvalue weighted by atomic mass is 10.1. The number of carbonyl (C=O) groups excluding carboxylic acids is 1. The fourth-order valence-corrected chi connectivity index (χ4v) is 2.76. The van der Waals surface area contributed by atoms with Crippen molar-refractivity contribution >= 4 is 27.3 Å². The first-order valence-electron chi connectivity index (χ1n) is 5.45. The van der Waals surface area contributed by atoms with E-state index in [4.69, 9.17) is 11.6 Å². The molecular formula is C12H16ClNO3S. The summed E-state index contributed by atoms with van der Waals surface area (Å²) in [6.45, 7) is 1.66. The number of sulfone groups is 1. The van der Waals surface area contributed by atoms with Gasteiger partial charge in [-0.2, -0.15) is 0 Å². The van der Waals surface area contributed by atoms with Crippen LogP contribution in [0.5, 0.6) is 0 Å². The van der Waals surface area contributed by atoms with Crippen LogP contribution in [0.1, 0.15) is 22.8 Å². The van der Waals surface area contributed by atoms with E-state index in [1.165, 1.54) is 0 Å². The molecule has 0 spiro atoms. The second kappa shape index (κ2) is 6.20. The number of alkyl halides is 1. The molecule has 0 bridgehead atoms. The smallest absolute Gasteiger partial charge is 0.251 e. The van der Waals surface area contributed by atoms with Gasteiger partial charge in [0.2, 0.25) is 0 Å². The molecule has 0 heterocycles. The van der Waals surface area contributed by atoms with Crippen molar-refractivity contribution in [2.45, 2.75) is 18.8 Å². The molecule has 100 valence electrons. The third kappa shape index (κ3) is 5.06. The zero-order valence-corrected chi connectivity index (χ0v) is 11.9. The SMILES string of the molecule is CC(CS(C)(=O)=O)NC(=O)c1cccc(CCl)c1. The lowest BCUT2D eigenvalue weighted by Crippen LogP contribution is -2.37. The van der Waals surface area contributed by atoms with Crippen LogP contribution in [0.2, 0.25) is 0 Å². The summed E-state index contributed by atoms with van der Waals surface area (Å²) < 4.78 is 22.2. The Labute approximate surface area is 112 Å². The fraction of sp³-hybridized carbons (Fsp3) is 0.417. The van der Waals surface area contributed by atoms with E-state index in [9.17, 15) is 13.2 Å². The third-order valence-corrected chi connectivity index (χ3v) is 3.69. The van der Waals surface area contributed by atoms with E-state index in [0.29, 0.717) is 11.4 Å². The van der Waals surface area contributed by atoms with Crippen molar-refractivity contribution in [1.82, 2.24) is 5.32 Å². The van der Waals surface area contributed by atoms with Gasteiger partial charge in [-0.15, -0.1) is 11.6 Å². The van der Waals surface area contributed by atoms with Crippen LogP contribution in [0, 0.1) is 0 Å². The van der Waals surface area contributed by atoms with Gasteiger partial charge in [-0.25, -0.2) is 8.42 Å². The van der Waals surface area contributed by atoms with Crippen LogP contribution in [0.3, 0.4) is 0 Å². The van der Waals surface area contributed by atoms with Crippen molar-refractivity contribution in [2.75, 3.05) is 12.0 Å². The van der Waals surface area contributed by atoms with E-state index in [0.717, 1.165) is 11.8 Å². The number of halogens is 1. The molecular weight excluding hydrogens is 274 g/mol. The first kappa shape index (κ1) is 15.0. The molecule has 1 unspecified atom stereocenters. The predicted molar refractivity (Wildman–Crippen MR) is 72.6 cm³/mol. The van der Waals surface area contributed by atoms with Crippen molar-refractivity contribution in [3.05, 3.63) is 35.4 Å². The van der Waals surface area contributed by atoms with Gasteiger partial charge in [0, 0.05) is 23.7 Å². The topological polar surface area (TPSA) is 63.2 Å². The summed E-state index contributed by atoms with van der Waals surface area (Å²) in [5, 5.41) is 2.64. The third-order valence-electron chi connectivity index (χ3n) is 2.27. The van der Waals surface area contributed by atoms with Gasteiger partial charge in [0.25, 0.3) is 5.91 Å². The largest absolute Gasteiger partial charge is 0.349 e. The molecule has 1 atom stereocenters. The molecule has 0 fully saturated rings. The number of amides is 1. The van der Waals surface area contributed by atoms with Gasteiger partial charge < -0.3 is 5.32 Å². The zero-order chi connectivity index (χ0) is 13.8. The monoisotopic (exact) mass is 289 g/mol. The summed E-state index contributed by atoms with van der Waals surface area (Å²) in [5.74, 6) is -0.0355. The predicted octanol–water partition coefficient (Wildman–Crippen LogP) is 1.59. The Morgan fingerprint density at radius 1 is 1.44 bits per heavy atom. The first-order chi connectivity index (χ1) is 8.31.